The number of unbranched alkanes of at least 4 members (excludes halogenated alkanes) is 1. The molecule has 1 fully saturated rings. The minimum atomic E-state index is -0.559. The molecule has 0 unspecified atom stereocenters. The maximum Gasteiger partial charge on any atom is 0.271 e. The molecule has 5 nitrogen and oxygen atoms in total. The first-order chi connectivity index (χ1) is 14.5. The maximum absolute atomic E-state index is 13.4. The number of carbonyl (C=O) groups excluding carboxylic acids is 1. The van der Waals surface area contributed by atoms with E-state index in [9.17, 15) is 20.0 Å². The lowest BCUT2D eigenvalue weighted by molar-refractivity contribution is 0.0864. The van der Waals surface area contributed by atoms with E-state index in [1.165, 1.54) is 19.3 Å². The van der Waals surface area contributed by atoms with E-state index >= 15 is 0 Å². The number of carbonyl (C=O) groups is 1. The number of nitrogens with zero attached hydrogens (tertiary/aromatic N) is 2. The van der Waals surface area contributed by atoms with Gasteiger partial charge in [0, 0.05) is 5.92 Å². The summed E-state index contributed by atoms with van der Waals surface area (Å²) in [7, 11) is 0. The molecule has 1 aliphatic carbocycles. The zero-order valence-electron chi connectivity index (χ0n) is 17.9. The molecule has 0 bridgehead atoms. The monoisotopic (exact) mass is 406 g/mol. The fourth-order valence-corrected chi connectivity index (χ4v) is 4.57. The molecular formula is C25H30N2O3. The highest BCUT2D eigenvalue weighted by atomic mass is 16.3. The Morgan fingerprint density at radius 3 is 2.47 bits per heavy atom. The molecule has 5 heteroatoms. The lowest BCUT2D eigenvalue weighted by Crippen LogP contribution is -2.29. The van der Waals surface area contributed by atoms with Gasteiger partial charge in [0.25, 0.3) is 5.56 Å². The van der Waals surface area contributed by atoms with Gasteiger partial charge < -0.3 is 5.11 Å². The predicted octanol–water partition coefficient (Wildman–Crippen LogP) is 4.96. The van der Waals surface area contributed by atoms with E-state index in [0.29, 0.717) is 11.5 Å². The average molecular weight is 407 g/mol. The summed E-state index contributed by atoms with van der Waals surface area (Å²) in [6.07, 6.45) is 7.25. The van der Waals surface area contributed by atoms with Crippen LogP contribution >= 0.6 is 0 Å². The minimum Gasteiger partial charge on any atom is -0.494 e. The van der Waals surface area contributed by atoms with Crippen molar-refractivity contribution in [1.29, 1.82) is 5.26 Å². The van der Waals surface area contributed by atoms with Crippen LogP contribution in [0.5, 0.6) is 5.88 Å². The Bertz CT molecular complexity index is 994. The van der Waals surface area contributed by atoms with Crippen LogP contribution in [0.1, 0.15) is 78.9 Å². The van der Waals surface area contributed by atoms with Crippen LogP contribution in [0.3, 0.4) is 0 Å². The maximum atomic E-state index is 13.4. The van der Waals surface area contributed by atoms with Crippen LogP contribution in [0.25, 0.3) is 0 Å². The number of hydrogen-bond acceptors (Lipinski definition) is 4. The van der Waals surface area contributed by atoms with E-state index in [1.54, 1.807) is 6.92 Å². The molecule has 1 saturated carbocycles. The number of aromatic nitrogens is 1. The molecule has 1 heterocycles. The number of benzene rings is 1. The van der Waals surface area contributed by atoms with Gasteiger partial charge in [-0.15, -0.1) is 0 Å². The molecule has 0 atom stereocenters. The number of aromatic hydroxyl groups is 1. The molecule has 0 radical (unpaired) electrons. The van der Waals surface area contributed by atoms with E-state index < -0.39 is 5.56 Å². The van der Waals surface area contributed by atoms with Crippen molar-refractivity contribution in [3.8, 4) is 11.9 Å². The summed E-state index contributed by atoms with van der Waals surface area (Å²) in [5, 5.41) is 20.5. The summed E-state index contributed by atoms with van der Waals surface area (Å²) in [5.41, 5.74) is 0.624. The molecule has 1 N–H and O–H groups in total. The van der Waals surface area contributed by atoms with Crippen molar-refractivity contribution in [2.45, 2.75) is 65.3 Å². The van der Waals surface area contributed by atoms with E-state index in [4.69, 9.17) is 0 Å². The van der Waals surface area contributed by atoms with Crippen LogP contribution < -0.4 is 5.56 Å². The highest BCUT2D eigenvalue weighted by molar-refractivity contribution is 6.01. The third-order valence-corrected chi connectivity index (χ3v) is 6.41. The topological polar surface area (TPSA) is 83.1 Å². The lowest BCUT2D eigenvalue weighted by Gasteiger charge is -2.28. The van der Waals surface area contributed by atoms with Crippen molar-refractivity contribution >= 4 is 5.78 Å². The number of nitriles is 1. The van der Waals surface area contributed by atoms with E-state index in [-0.39, 0.29) is 35.3 Å². The molecule has 0 aliphatic heterocycles. The zero-order chi connectivity index (χ0) is 21.7. The van der Waals surface area contributed by atoms with Gasteiger partial charge >= 0.3 is 0 Å². The van der Waals surface area contributed by atoms with Gasteiger partial charge in [-0.3, -0.25) is 14.2 Å². The summed E-state index contributed by atoms with van der Waals surface area (Å²) in [6, 6.07) is 11.2. The molecule has 3 rings (SSSR count). The number of Topliss-reactive ketones (excluding diaryl/α,β-unsaturated/α-hetero) is 1. The molecule has 158 valence electrons. The first-order valence-corrected chi connectivity index (χ1v) is 10.9. The smallest absolute Gasteiger partial charge is 0.271 e. The summed E-state index contributed by atoms with van der Waals surface area (Å²) >= 11 is 0. The highest BCUT2D eigenvalue weighted by Crippen LogP contribution is 2.36. The van der Waals surface area contributed by atoms with Crippen molar-refractivity contribution in [1.82, 2.24) is 4.57 Å². The number of pyridine rings is 1. The molecule has 1 aromatic heterocycles. The minimum absolute atomic E-state index is 0.0660. The number of ketones is 1. The number of rotatable bonds is 7. The van der Waals surface area contributed by atoms with Crippen molar-refractivity contribution in [2.24, 2.45) is 11.8 Å². The SMILES string of the molecule is CCCCC1CCC(C(=O)c2c(C)c(C#N)c(=O)n(Cc3ccccc3)c2O)CC1. The summed E-state index contributed by atoms with van der Waals surface area (Å²) in [6.45, 7) is 3.90. The van der Waals surface area contributed by atoms with Crippen LogP contribution in [0.15, 0.2) is 35.1 Å². The molecular weight excluding hydrogens is 376 g/mol. The second kappa shape index (κ2) is 9.75. The Balaban J connectivity index is 1.93. The van der Waals surface area contributed by atoms with Crippen molar-refractivity contribution in [3.63, 3.8) is 0 Å². The molecule has 0 saturated heterocycles. The predicted molar refractivity (Wildman–Crippen MR) is 117 cm³/mol. The quantitative estimate of drug-likeness (QED) is 0.659. The fourth-order valence-electron chi connectivity index (χ4n) is 4.57. The summed E-state index contributed by atoms with van der Waals surface area (Å²) < 4.78 is 1.15. The van der Waals surface area contributed by atoms with Crippen molar-refractivity contribution in [2.75, 3.05) is 0 Å². The van der Waals surface area contributed by atoms with Gasteiger partial charge in [0.2, 0.25) is 5.88 Å². The summed E-state index contributed by atoms with van der Waals surface area (Å²) in [4.78, 5) is 26.2. The Morgan fingerprint density at radius 1 is 1.20 bits per heavy atom. The lowest BCUT2D eigenvalue weighted by atomic mass is 9.76. The van der Waals surface area contributed by atoms with Crippen LogP contribution in [-0.4, -0.2) is 15.5 Å². The van der Waals surface area contributed by atoms with Crippen LogP contribution in [0, 0.1) is 30.1 Å². The van der Waals surface area contributed by atoms with Gasteiger partial charge in [-0.25, -0.2) is 0 Å². The van der Waals surface area contributed by atoms with E-state index in [0.717, 1.165) is 35.8 Å². The summed E-state index contributed by atoms with van der Waals surface area (Å²) in [5.74, 6) is 0.0443. The van der Waals surface area contributed by atoms with E-state index in [2.05, 4.69) is 6.92 Å². The second-order valence-electron chi connectivity index (χ2n) is 8.41. The van der Waals surface area contributed by atoms with Crippen LogP contribution in [0.4, 0.5) is 0 Å². The third kappa shape index (κ3) is 4.48. The van der Waals surface area contributed by atoms with Crippen LogP contribution in [0.2, 0.25) is 0 Å². The second-order valence-corrected chi connectivity index (χ2v) is 8.41. The highest BCUT2D eigenvalue weighted by Gasteiger charge is 2.31. The molecule has 2 aromatic rings. The molecule has 1 aliphatic rings. The number of hydrogen-bond donors (Lipinski definition) is 1. The molecule has 0 amide bonds. The molecule has 0 spiro atoms. The van der Waals surface area contributed by atoms with Gasteiger partial charge in [0.15, 0.2) is 5.78 Å². The molecule has 1 aromatic carbocycles. The van der Waals surface area contributed by atoms with Gasteiger partial charge in [-0.2, -0.15) is 5.26 Å². The zero-order valence-corrected chi connectivity index (χ0v) is 17.9. The average Bonchev–Trinajstić information content (AvgIpc) is 2.76. The largest absolute Gasteiger partial charge is 0.494 e. The van der Waals surface area contributed by atoms with Gasteiger partial charge in [0.1, 0.15) is 11.6 Å². The van der Waals surface area contributed by atoms with Crippen LogP contribution in [-0.2, 0) is 6.54 Å². The van der Waals surface area contributed by atoms with Gasteiger partial charge in [-0.1, -0.05) is 56.5 Å². The molecule has 30 heavy (non-hydrogen) atoms. The Kier molecular flexibility index (Phi) is 7.10. The standard InChI is InChI=1S/C25H30N2O3/c1-3-4-8-18-11-13-20(14-12-18)23(28)22-17(2)21(15-26)24(29)27(25(22)30)16-19-9-6-5-7-10-19/h5-7,9-10,18,20,30H,3-4,8,11-14,16H2,1-2H3. The Labute approximate surface area is 178 Å². The first kappa shape index (κ1) is 21.8. The van der Waals surface area contributed by atoms with Gasteiger partial charge in [-0.05, 0) is 49.7 Å². The Hall–Kier alpha value is -2.87. The van der Waals surface area contributed by atoms with Gasteiger partial charge in [0.05, 0.1) is 12.1 Å². The Morgan fingerprint density at radius 2 is 1.87 bits per heavy atom. The van der Waals surface area contributed by atoms with Crippen molar-refractivity contribution in [3.05, 3.63) is 62.9 Å². The van der Waals surface area contributed by atoms with Crippen molar-refractivity contribution < 1.29 is 9.90 Å². The first-order valence-electron chi connectivity index (χ1n) is 10.9. The van der Waals surface area contributed by atoms with E-state index in [1.807, 2.05) is 36.4 Å². The fraction of sp³-hybridized carbons (Fsp3) is 0.480. The normalized spacial score (nSPS) is 18.7. The third-order valence-electron chi connectivity index (χ3n) is 6.41.